The Kier molecular flexibility index (Phi) is 4.89. The Labute approximate surface area is 141 Å². The summed E-state index contributed by atoms with van der Waals surface area (Å²) < 4.78 is 3.62. The molecule has 0 N–H and O–H groups in total. The monoisotopic (exact) mass is 332 g/mol. The van der Waals surface area contributed by atoms with Gasteiger partial charge in [0.1, 0.15) is 30.8 Å². The molecule has 0 aromatic carbocycles. The number of aromatic nitrogens is 6. The first-order chi connectivity index (χ1) is 11.5. The minimum Gasteiger partial charge on any atom is -0.340 e. The van der Waals surface area contributed by atoms with Crippen LogP contribution in [-0.2, 0) is 24.9 Å². The lowest BCUT2D eigenvalue weighted by molar-refractivity contribution is -0.133. The number of nitrogens with zero attached hydrogens (tertiary/aromatic N) is 8. The van der Waals surface area contributed by atoms with Gasteiger partial charge in [-0.15, -0.1) is 10.2 Å². The summed E-state index contributed by atoms with van der Waals surface area (Å²) in [4.78, 5) is 20.3. The molecule has 24 heavy (non-hydrogen) atoms. The molecular formula is C15H24N8O. The van der Waals surface area contributed by atoms with Crippen molar-refractivity contribution in [3.05, 3.63) is 24.3 Å². The molecule has 1 unspecified atom stereocenters. The van der Waals surface area contributed by atoms with Crippen LogP contribution in [-0.4, -0.2) is 72.4 Å². The van der Waals surface area contributed by atoms with Crippen LogP contribution >= 0.6 is 0 Å². The molecule has 9 heteroatoms. The summed E-state index contributed by atoms with van der Waals surface area (Å²) in [6.45, 7) is 2.45. The Hall–Kier alpha value is -2.29. The summed E-state index contributed by atoms with van der Waals surface area (Å²) in [6.07, 6.45) is 5.01. The molecule has 2 aromatic heterocycles. The fraction of sp³-hybridized carbons (Fsp3) is 0.667. The van der Waals surface area contributed by atoms with Gasteiger partial charge in [-0.1, -0.05) is 0 Å². The van der Waals surface area contributed by atoms with Gasteiger partial charge in [-0.2, -0.15) is 5.10 Å². The molecule has 0 radical (unpaired) electrons. The molecular weight excluding hydrogens is 308 g/mol. The van der Waals surface area contributed by atoms with Crippen LogP contribution < -0.4 is 0 Å². The van der Waals surface area contributed by atoms with Crippen LogP contribution in [0.4, 0.5) is 0 Å². The van der Waals surface area contributed by atoms with E-state index in [0.717, 1.165) is 37.6 Å². The third-order valence-corrected chi connectivity index (χ3v) is 4.36. The van der Waals surface area contributed by atoms with E-state index in [1.54, 1.807) is 11.0 Å². The van der Waals surface area contributed by atoms with E-state index in [1.807, 2.05) is 26.0 Å². The van der Waals surface area contributed by atoms with Crippen LogP contribution in [0.3, 0.4) is 0 Å². The number of hydrogen-bond donors (Lipinski definition) is 0. The van der Waals surface area contributed by atoms with Gasteiger partial charge >= 0.3 is 0 Å². The summed E-state index contributed by atoms with van der Waals surface area (Å²) in [6, 6.07) is 0. The highest BCUT2D eigenvalue weighted by Crippen LogP contribution is 2.26. The molecule has 1 aliphatic rings. The molecule has 1 atom stereocenters. The van der Waals surface area contributed by atoms with Crippen molar-refractivity contribution < 1.29 is 4.79 Å². The average Bonchev–Trinajstić information content (AvgIpc) is 3.18. The second kappa shape index (κ2) is 7.08. The highest BCUT2D eigenvalue weighted by molar-refractivity contribution is 5.76. The fourth-order valence-corrected chi connectivity index (χ4v) is 3.12. The van der Waals surface area contributed by atoms with Crippen molar-refractivity contribution in [3.8, 4) is 0 Å². The first kappa shape index (κ1) is 16.6. The lowest BCUT2D eigenvalue weighted by atomic mass is 9.97. The molecule has 3 rings (SSSR count). The first-order valence-electron chi connectivity index (χ1n) is 8.17. The van der Waals surface area contributed by atoms with Crippen molar-refractivity contribution in [3.63, 3.8) is 0 Å². The molecule has 0 spiro atoms. The SMILES string of the molecule is CN(C)Cc1nnc(C2CCCN(C(=O)Cn3cncn3)C2)n1C. The smallest absolute Gasteiger partial charge is 0.244 e. The van der Waals surface area contributed by atoms with E-state index in [2.05, 4.69) is 29.7 Å². The largest absolute Gasteiger partial charge is 0.340 e. The van der Waals surface area contributed by atoms with E-state index in [0.29, 0.717) is 6.54 Å². The number of carbonyl (C=O) groups excluding carboxylic acids is 1. The van der Waals surface area contributed by atoms with Crippen molar-refractivity contribution in [1.82, 2.24) is 39.3 Å². The quantitative estimate of drug-likeness (QED) is 0.758. The lowest BCUT2D eigenvalue weighted by Gasteiger charge is -2.32. The van der Waals surface area contributed by atoms with Gasteiger partial charge in [0.05, 0.1) is 6.54 Å². The van der Waals surface area contributed by atoms with Gasteiger partial charge in [0.2, 0.25) is 5.91 Å². The average molecular weight is 332 g/mol. The van der Waals surface area contributed by atoms with Gasteiger partial charge in [0.25, 0.3) is 0 Å². The standard InChI is InChI=1S/C15H24N8O/c1-20(2)8-13-18-19-15(21(13)3)12-5-4-6-22(7-12)14(24)9-23-11-16-10-17-23/h10-12H,4-9H2,1-3H3. The second-order valence-electron chi connectivity index (χ2n) is 6.54. The molecule has 1 fully saturated rings. The van der Waals surface area contributed by atoms with Gasteiger partial charge in [-0.25, -0.2) is 9.67 Å². The van der Waals surface area contributed by atoms with Gasteiger partial charge in [-0.3, -0.25) is 4.79 Å². The van der Waals surface area contributed by atoms with Crippen molar-refractivity contribution in [2.24, 2.45) is 7.05 Å². The van der Waals surface area contributed by atoms with Crippen LogP contribution in [0, 0.1) is 0 Å². The van der Waals surface area contributed by atoms with Gasteiger partial charge in [0, 0.05) is 26.1 Å². The lowest BCUT2D eigenvalue weighted by Crippen LogP contribution is -2.41. The van der Waals surface area contributed by atoms with Crippen molar-refractivity contribution in [1.29, 1.82) is 0 Å². The maximum atomic E-state index is 12.5. The zero-order valence-electron chi connectivity index (χ0n) is 14.5. The van der Waals surface area contributed by atoms with E-state index in [1.165, 1.54) is 6.33 Å². The van der Waals surface area contributed by atoms with Crippen LogP contribution in [0.15, 0.2) is 12.7 Å². The van der Waals surface area contributed by atoms with Crippen LogP contribution in [0.1, 0.15) is 30.4 Å². The third-order valence-electron chi connectivity index (χ3n) is 4.36. The minimum absolute atomic E-state index is 0.0703. The molecule has 0 bridgehead atoms. The highest BCUT2D eigenvalue weighted by atomic mass is 16.2. The van der Waals surface area contributed by atoms with E-state index in [9.17, 15) is 4.79 Å². The molecule has 3 heterocycles. The number of piperidine rings is 1. The molecule has 9 nitrogen and oxygen atoms in total. The summed E-state index contributed by atoms with van der Waals surface area (Å²) in [5, 5.41) is 12.7. The molecule has 0 aliphatic carbocycles. The van der Waals surface area contributed by atoms with Crippen molar-refractivity contribution in [2.75, 3.05) is 27.2 Å². The van der Waals surface area contributed by atoms with Gasteiger partial charge in [-0.05, 0) is 26.9 Å². The maximum absolute atomic E-state index is 12.5. The molecule has 1 saturated heterocycles. The number of likely N-dealkylation sites (tertiary alicyclic amines) is 1. The highest BCUT2D eigenvalue weighted by Gasteiger charge is 2.28. The van der Waals surface area contributed by atoms with E-state index in [-0.39, 0.29) is 18.4 Å². The topological polar surface area (TPSA) is 85.0 Å². The number of rotatable bonds is 5. The van der Waals surface area contributed by atoms with Crippen LogP contribution in [0.25, 0.3) is 0 Å². The summed E-state index contributed by atoms with van der Waals surface area (Å²) in [5.74, 6) is 2.21. The second-order valence-corrected chi connectivity index (χ2v) is 6.54. The summed E-state index contributed by atoms with van der Waals surface area (Å²) >= 11 is 0. The van der Waals surface area contributed by atoms with Gasteiger partial charge < -0.3 is 14.4 Å². The van der Waals surface area contributed by atoms with Crippen molar-refractivity contribution >= 4 is 5.91 Å². The van der Waals surface area contributed by atoms with E-state index >= 15 is 0 Å². The van der Waals surface area contributed by atoms with Crippen LogP contribution in [0.2, 0.25) is 0 Å². The molecule has 0 saturated carbocycles. The van der Waals surface area contributed by atoms with Gasteiger partial charge in [0.15, 0.2) is 0 Å². The Balaban J connectivity index is 1.67. The number of amides is 1. The number of carbonyl (C=O) groups is 1. The van der Waals surface area contributed by atoms with Crippen LogP contribution in [0.5, 0.6) is 0 Å². The molecule has 2 aromatic rings. The molecule has 1 aliphatic heterocycles. The fourth-order valence-electron chi connectivity index (χ4n) is 3.12. The normalized spacial score (nSPS) is 18.3. The Morgan fingerprint density at radius 1 is 1.38 bits per heavy atom. The Morgan fingerprint density at radius 3 is 2.92 bits per heavy atom. The number of hydrogen-bond acceptors (Lipinski definition) is 6. The Bertz CT molecular complexity index is 678. The molecule has 1 amide bonds. The minimum atomic E-state index is 0.0703. The Morgan fingerprint density at radius 2 is 2.21 bits per heavy atom. The third kappa shape index (κ3) is 3.61. The maximum Gasteiger partial charge on any atom is 0.244 e. The van der Waals surface area contributed by atoms with E-state index in [4.69, 9.17) is 0 Å². The first-order valence-corrected chi connectivity index (χ1v) is 8.17. The predicted molar refractivity (Wildman–Crippen MR) is 87.0 cm³/mol. The van der Waals surface area contributed by atoms with E-state index < -0.39 is 0 Å². The molecule has 130 valence electrons. The predicted octanol–water partition coefficient (Wildman–Crippen LogP) is -0.126. The zero-order chi connectivity index (χ0) is 17.1. The summed E-state index contributed by atoms with van der Waals surface area (Å²) in [5.41, 5.74) is 0. The summed E-state index contributed by atoms with van der Waals surface area (Å²) in [7, 11) is 6.03. The zero-order valence-corrected chi connectivity index (χ0v) is 14.5. The van der Waals surface area contributed by atoms with Crippen molar-refractivity contribution in [2.45, 2.75) is 31.8 Å².